The van der Waals surface area contributed by atoms with Crippen molar-refractivity contribution in [3.05, 3.63) is 11.4 Å². The molecule has 1 aromatic heterocycles. The van der Waals surface area contributed by atoms with Gasteiger partial charge in [0.25, 0.3) is 0 Å². The number of anilines is 2. The van der Waals surface area contributed by atoms with Crippen LogP contribution in [0.15, 0.2) is 0 Å². The second kappa shape index (κ2) is 5.74. The zero-order valence-corrected chi connectivity index (χ0v) is 12.1. The summed E-state index contributed by atoms with van der Waals surface area (Å²) in [6.07, 6.45) is 4.44. The smallest absolute Gasteiger partial charge is 0.134 e. The van der Waals surface area contributed by atoms with Gasteiger partial charge in [0.15, 0.2) is 0 Å². The molecule has 1 aliphatic carbocycles. The van der Waals surface area contributed by atoms with Gasteiger partial charge in [-0.25, -0.2) is 9.97 Å². The highest BCUT2D eigenvalue weighted by atomic mass is 16.5. The van der Waals surface area contributed by atoms with Crippen LogP contribution in [-0.4, -0.2) is 30.2 Å². The van der Waals surface area contributed by atoms with Crippen molar-refractivity contribution in [2.45, 2.75) is 39.5 Å². The maximum absolute atomic E-state index is 5.92. The number of aryl methyl sites for hydroxylation is 1. The van der Waals surface area contributed by atoms with Crippen LogP contribution in [0, 0.1) is 12.3 Å². The molecule has 5 heteroatoms. The Morgan fingerprint density at radius 1 is 1.37 bits per heavy atom. The molecular formula is C14H24N4O. The zero-order valence-electron chi connectivity index (χ0n) is 12.1. The average molecular weight is 264 g/mol. The number of nitrogens with one attached hydrogen (secondary N) is 1. The van der Waals surface area contributed by atoms with E-state index in [9.17, 15) is 0 Å². The number of hydrogen-bond donors (Lipinski definition) is 2. The molecule has 1 aromatic rings. The van der Waals surface area contributed by atoms with Gasteiger partial charge < -0.3 is 15.8 Å². The lowest BCUT2D eigenvalue weighted by Gasteiger charge is -2.17. The Morgan fingerprint density at radius 3 is 2.68 bits per heavy atom. The lowest BCUT2D eigenvalue weighted by molar-refractivity contribution is 0.175. The van der Waals surface area contributed by atoms with E-state index in [-0.39, 0.29) is 0 Å². The summed E-state index contributed by atoms with van der Waals surface area (Å²) in [5.41, 5.74) is 7.26. The molecule has 3 N–H and O–H groups in total. The van der Waals surface area contributed by atoms with Crippen molar-refractivity contribution in [2.24, 2.45) is 5.41 Å². The molecule has 2 rings (SSSR count). The molecule has 0 aliphatic heterocycles. The van der Waals surface area contributed by atoms with Crippen molar-refractivity contribution in [3.8, 4) is 0 Å². The monoisotopic (exact) mass is 264 g/mol. The first-order chi connectivity index (χ1) is 9.10. The maximum atomic E-state index is 5.92. The van der Waals surface area contributed by atoms with Crippen LogP contribution in [0.1, 0.15) is 37.6 Å². The summed E-state index contributed by atoms with van der Waals surface area (Å²) in [5, 5.41) is 3.45. The number of aromatic nitrogens is 2. The molecule has 0 saturated heterocycles. The van der Waals surface area contributed by atoms with E-state index >= 15 is 0 Å². The summed E-state index contributed by atoms with van der Waals surface area (Å²) >= 11 is 0. The van der Waals surface area contributed by atoms with Crippen LogP contribution in [0.25, 0.3) is 0 Å². The van der Waals surface area contributed by atoms with Gasteiger partial charge in [-0.2, -0.15) is 0 Å². The number of hydrogen-bond acceptors (Lipinski definition) is 5. The summed E-state index contributed by atoms with van der Waals surface area (Å²) in [7, 11) is 1.76. The first-order valence-electron chi connectivity index (χ1n) is 6.96. The standard InChI is InChI=1S/C14H24N4O/c1-4-11-17-12(15)10(2)13(18-11)16-9-14(5-6-14)7-8-19-3/h4-9H2,1-3H3,(H3,15,16,17,18). The van der Waals surface area contributed by atoms with Gasteiger partial charge in [0.1, 0.15) is 17.5 Å². The molecular weight excluding hydrogens is 240 g/mol. The highest BCUT2D eigenvalue weighted by molar-refractivity contribution is 5.55. The number of nitrogens with two attached hydrogens (primary N) is 1. The van der Waals surface area contributed by atoms with Crippen molar-refractivity contribution in [2.75, 3.05) is 31.3 Å². The first kappa shape index (κ1) is 14.1. The van der Waals surface area contributed by atoms with Gasteiger partial charge in [-0.05, 0) is 31.6 Å². The lowest BCUT2D eigenvalue weighted by Crippen LogP contribution is -2.19. The van der Waals surface area contributed by atoms with Gasteiger partial charge in [0, 0.05) is 32.2 Å². The van der Waals surface area contributed by atoms with Crippen molar-refractivity contribution in [1.29, 1.82) is 0 Å². The van der Waals surface area contributed by atoms with Gasteiger partial charge in [-0.15, -0.1) is 0 Å². The Labute approximate surface area is 115 Å². The van der Waals surface area contributed by atoms with Crippen LogP contribution in [0.3, 0.4) is 0 Å². The molecule has 1 aliphatic rings. The van der Waals surface area contributed by atoms with E-state index in [0.29, 0.717) is 11.2 Å². The summed E-state index contributed by atoms with van der Waals surface area (Å²) in [6, 6.07) is 0. The molecule has 0 bridgehead atoms. The van der Waals surface area contributed by atoms with E-state index < -0.39 is 0 Å². The summed E-state index contributed by atoms with van der Waals surface area (Å²) in [4.78, 5) is 8.80. The van der Waals surface area contributed by atoms with E-state index in [4.69, 9.17) is 10.5 Å². The fourth-order valence-corrected chi connectivity index (χ4v) is 2.19. The molecule has 0 spiro atoms. The van der Waals surface area contributed by atoms with Gasteiger partial charge in [-0.1, -0.05) is 6.92 Å². The molecule has 1 saturated carbocycles. The number of nitrogen functional groups attached to an aromatic ring is 1. The third-order valence-electron chi connectivity index (χ3n) is 3.97. The Hall–Kier alpha value is -1.36. The number of ether oxygens (including phenoxy) is 1. The van der Waals surface area contributed by atoms with Gasteiger partial charge in [-0.3, -0.25) is 0 Å². The SMILES string of the molecule is CCc1nc(N)c(C)c(NCC2(CCOC)CC2)n1. The van der Waals surface area contributed by atoms with Crippen LogP contribution in [0.5, 0.6) is 0 Å². The highest BCUT2D eigenvalue weighted by Crippen LogP contribution is 2.48. The van der Waals surface area contributed by atoms with Crippen LogP contribution < -0.4 is 11.1 Å². The van der Waals surface area contributed by atoms with Crippen LogP contribution in [0.2, 0.25) is 0 Å². The third-order valence-corrected chi connectivity index (χ3v) is 3.97. The molecule has 106 valence electrons. The third kappa shape index (κ3) is 3.35. The average Bonchev–Trinajstić information content (AvgIpc) is 3.18. The Bertz CT molecular complexity index is 443. The quantitative estimate of drug-likeness (QED) is 0.789. The predicted molar refractivity (Wildman–Crippen MR) is 77.2 cm³/mol. The van der Waals surface area contributed by atoms with Crippen LogP contribution >= 0.6 is 0 Å². The van der Waals surface area contributed by atoms with E-state index in [1.165, 1.54) is 12.8 Å². The van der Waals surface area contributed by atoms with Crippen molar-refractivity contribution < 1.29 is 4.74 Å². The minimum absolute atomic E-state index is 0.397. The Morgan fingerprint density at radius 2 is 2.11 bits per heavy atom. The predicted octanol–water partition coefficient (Wildman–Crippen LogP) is 2.16. The van der Waals surface area contributed by atoms with Gasteiger partial charge >= 0.3 is 0 Å². The zero-order chi connectivity index (χ0) is 13.9. The Balaban J connectivity index is 2.01. The molecule has 5 nitrogen and oxygen atoms in total. The second-order valence-corrected chi connectivity index (χ2v) is 5.45. The van der Waals surface area contributed by atoms with Crippen molar-refractivity contribution in [1.82, 2.24) is 9.97 Å². The summed E-state index contributed by atoms with van der Waals surface area (Å²) in [6.45, 7) is 5.77. The van der Waals surface area contributed by atoms with E-state index in [2.05, 4.69) is 15.3 Å². The van der Waals surface area contributed by atoms with Gasteiger partial charge in [0.05, 0.1) is 0 Å². The van der Waals surface area contributed by atoms with Crippen LogP contribution in [-0.2, 0) is 11.2 Å². The fourth-order valence-electron chi connectivity index (χ4n) is 2.19. The fraction of sp³-hybridized carbons (Fsp3) is 0.714. The van der Waals surface area contributed by atoms with Gasteiger partial charge in [0.2, 0.25) is 0 Å². The largest absolute Gasteiger partial charge is 0.385 e. The molecule has 0 unspecified atom stereocenters. The number of methoxy groups -OCH3 is 1. The molecule has 0 radical (unpaired) electrons. The normalized spacial score (nSPS) is 16.4. The van der Waals surface area contributed by atoms with E-state index in [1.54, 1.807) is 7.11 Å². The summed E-state index contributed by atoms with van der Waals surface area (Å²) < 4.78 is 5.18. The molecule has 19 heavy (non-hydrogen) atoms. The lowest BCUT2D eigenvalue weighted by atomic mass is 10.0. The highest BCUT2D eigenvalue weighted by Gasteiger charge is 2.41. The Kier molecular flexibility index (Phi) is 4.24. The van der Waals surface area contributed by atoms with E-state index in [1.807, 2.05) is 13.8 Å². The van der Waals surface area contributed by atoms with E-state index in [0.717, 1.165) is 43.2 Å². The van der Waals surface area contributed by atoms with Crippen LogP contribution in [0.4, 0.5) is 11.6 Å². The topological polar surface area (TPSA) is 73.1 Å². The molecule has 0 amide bonds. The number of rotatable bonds is 7. The first-order valence-corrected chi connectivity index (χ1v) is 6.96. The molecule has 0 atom stereocenters. The van der Waals surface area contributed by atoms with Crippen molar-refractivity contribution in [3.63, 3.8) is 0 Å². The minimum atomic E-state index is 0.397. The number of nitrogens with zero attached hydrogens (tertiary/aromatic N) is 2. The second-order valence-electron chi connectivity index (χ2n) is 5.45. The minimum Gasteiger partial charge on any atom is -0.385 e. The van der Waals surface area contributed by atoms with Crippen molar-refractivity contribution >= 4 is 11.6 Å². The molecule has 1 heterocycles. The maximum Gasteiger partial charge on any atom is 0.134 e. The molecule has 1 fully saturated rings. The summed E-state index contributed by atoms with van der Waals surface area (Å²) in [5.74, 6) is 2.26. The molecule has 0 aromatic carbocycles.